The van der Waals surface area contributed by atoms with Gasteiger partial charge >= 0.3 is 5.97 Å². The second-order valence-electron chi connectivity index (χ2n) is 4.10. The molecule has 0 aliphatic heterocycles. The molecule has 0 heterocycles. The molecule has 2 aromatic rings. The van der Waals surface area contributed by atoms with E-state index in [1.165, 1.54) is 12.1 Å². The first kappa shape index (κ1) is 15.3. The van der Waals surface area contributed by atoms with Gasteiger partial charge in [-0.3, -0.25) is 0 Å². The Morgan fingerprint density at radius 1 is 1.10 bits per heavy atom. The Morgan fingerprint density at radius 2 is 1.76 bits per heavy atom. The number of hydrogen-bond acceptors (Lipinski definition) is 3. The lowest BCUT2D eigenvalue weighted by atomic mass is 10.2. The molecule has 0 unspecified atom stereocenters. The van der Waals surface area contributed by atoms with Gasteiger partial charge < -0.3 is 14.6 Å². The van der Waals surface area contributed by atoms with Gasteiger partial charge in [0.25, 0.3) is 0 Å². The zero-order chi connectivity index (χ0) is 15.2. The van der Waals surface area contributed by atoms with Crippen molar-refractivity contribution in [1.82, 2.24) is 0 Å². The third-order valence-electron chi connectivity index (χ3n) is 2.60. The summed E-state index contributed by atoms with van der Waals surface area (Å²) in [5, 5.41) is 8.73. The number of carbonyl (C=O) groups is 1. The summed E-state index contributed by atoms with van der Waals surface area (Å²) in [5.74, 6) is -1.21. The van der Waals surface area contributed by atoms with Gasteiger partial charge in [0, 0.05) is 4.47 Å². The van der Waals surface area contributed by atoms with Crippen molar-refractivity contribution < 1.29 is 23.8 Å². The molecule has 0 atom stereocenters. The highest BCUT2D eigenvalue weighted by molar-refractivity contribution is 9.10. The summed E-state index contributed by atoms with van der Waals surface area (Å²) in [6, 6.07) is 10.8. The molecule has 110 valence electrons. The van der Waals surface area contributed by atoms with E-state index in [1.54, 1.807) is 12.1 Å². The normalized spacial score (nSPS) is 10.2. The molecule has 6 heteroatoms. The number of carboxylic acid groups (broad SMARTS) is 1. The lowest BCUT2D eigenvalue weighted by Crippen LogP contribution is -2.10. The Kier molecular flexibility index (Phi) is 5.16. The first-order valence-electron chi connectivity index (χ1n) is 6.10. The lowest BCUT2D eigenvalue weighted by Gasteiger charge is -2.09. The first-order chi connectivity index (χ1) is 10.1. The van der Waals surface area contributed by atoms with Crippen LogP contribution in [0, 0.1) is 5.82 Å². The second kappa shape index (κ2) is 7.08. The molecular weight excluding hydrogens is 343 g/mol. The summed E-state index contributed by atoms with van der Waals surface area (Å²) in [6.07, 6.45) is 0. The molecule has 0 radical (unpaired) electrons. The Morgan fingerprint density at radius 3 is 2.38 bits per heavy atom. The van der Waals surface area contributed by atoms with Crippen LogP contribution < -0.4 is 9.47 Å². The van der Waals surface area contributed by atoms with Crippen LogP contribution >= 0.6 is 15.9 Å². The number of ether oxygens (including phenoxy) is 2. The minimum absolute atomic E-state index is 0.000550. The fraction of sp³-hybridized carbons (Fsp3) is 0.133. The summed E-state index contributed by atoms with van der Waals surface area (Å²) in [7, 11) is 0. The van der Waals surface area contributed by atoms with Crippen LogP contribution in [0.3, 0.4) is 0 Å². The summed E-state index contributed by atoms with van der Waals surface area (Å²) in [5.41, 5.74) is -0.119. The third kappa shape index (κ3) is 4.46. The summed E-state index contributed by atoms with van der Waals surface area (Å²) in [6.45, 7) is 0.404. The van der Waals surface area contributed by atoms with Gasteiger partial charge in [0.05, 0.1) is 5.56 Å². The number of halogens is 2. The van der Waals surface area contributed by atoms with E-state index in [1.807, 2.05) is 12.1 Å². The number of rotatable bonds is 6. The van der Waals surface area contributed by atoms with Crippen molar-refractivity contribution in [3.05, 3.63) is 58.3 Å². The molecule has 2 aromatic carbocycles. The van der Waals surface area contributed by atoms with E-state index in [-0.39, 0.29) is 24.5 Å². The van der Waals surface area contributed by atoms with Crippen molar-refractivity contribution in [2.24, 2.45) is 0 Å². The van der Waals surface area contributed by atoms with Crippen molar-refractivity contribution in [3.63, 3.8) is 0 Å². The molecule has 0 saturated heterocycles. The smallest absolute Gasteiger partial charge is 0.335 e. The zero-order valence-corrected chi connectivity index (χ0v) is 12.5. The average molecular weight is 355 g/mol. The number of hydrogen-bond donors (Lipinski definition) is 1. The van der Waals surface area contributed by atoms with Crippen LogP contribution in [0.5, 0.6) is 11.5 Å². The number of carboxylic acids is 1. The van der Waals surface area contributed by atoms with Crippen molar-refractivity contribution in [1.29, 1.82) is 0 Å². The van der Waals surface area contributed by atoms with E-state index in [0.717, 1.165) is 10.5 Å². The molecule has 0 spiro atoms. The van der Waals surface area contributed by atoms with Gasteiger partial charge in [0.15, 0.2) is 11.6 Å². The van der Waals surface area contributed by atoms with E-state index < -0.39 is 11.8 Å². The Labute approximate surface area is 129 Å². The molecule has 21 heavy (non-hydrogen) atoms. The first-order valence-corrected chi connectivity index (χ1v) is 6.89. The fourth-order valence-corrected chi connectivity index (χ4v) is 1.86. The minimum atomic E-state index is -1.18. The topological polar surface area (TPSA) is 55.8 Å². The van der Waals surface area contributed by atoms with Crippen LogP contribution in [0.4, 0.5) is 4.39 Å². The minimum Gasteiger partial charge on any atom is -0.490 e. The van der Waals surface area contributed by atoms with Crippen molar-refractivity contribution in [2.75, 3.05) is 13.2 Å². The Hall–Kier alpha value is -2.08. The van der Waals surface area contributed by atoms with Gasteiger partial charge in [-0.2, -0.15) is 0 Å². The van der Waals surface area contributed by atoms with E-state index in [0.29, 0.717) is 5.75 Å². The predicted molar refractivity (Wildman–Crippen MR) is 78.5 cm³/mol. The molecule has 0 aliphatic carbocycles. The molecule has 2 rings (SSSR count). The highest BCUT2D eigenvalue weighted by Crippen LogP contribution is 2.19. The molecule has 0 aromatic heterocycles. The van der Waals surface area contributed by atoms with Gasteiger partial charge in [0.2, 0.25) is 0 Å². The van der Waals surface area contributed by atoms with E-state index in [9.17, 15) is 9.18 Å². The molecule has 0 aliphatic rings. The predicted octanol–water partition coefficient (Wildman–Crippen LogP) is 3.74. The van der Waals surface area contributed by atoms with Crippen molar-refractivity contribution in [2.45, 2.75) is 0 Å². The standard InChI is InChI=1S/C15H12BrFO4/c16-11-2-4-12(5-3-11)20-7-8-21-14-6-1-10(15(18)19)9-13(14)17/h1-6,9H,7-8H2,(H,18,19). The third-order valence-corrected chi connectivity index (χ3v) is 3.13. The zero-order valence-electron chi connectivity index (χ0n) is 10.9. The largest absolute Gasteiger partial charge is 0.490 e. The Balaban J connectivity index is 1.83. The van der Waals surface area contributed by atoms with Gasteiger partial charge in [-0.05, 0) is 42.5 Å². The highest BCUT2D eigenvalue weighted by Gasteiger charge is 2.09. The monoisotopic (exact) mass is 354 g/mol. The summed E-state index contributed by atoms with van der Waals surface area (Å²) < 4.78 is 25.2. The molecule has 4 nitrogen and oxygen atoms in total. The van der Waals surface area contributed by atoms with Crippen molar-refractivity contribution >= 4 is 21.9 Å². The molecule has 0 bridgehead atoms. The molecule has 1 N–H and O–H groups in total. The van der Waals surface area contributed by atoms with Crippen LogP contribution in [0.15, 0.2) is 46.9 Å². The fourth-order valence-electron chi connectivity index (χ4n) is 1.59. The highest BCUT2D eigenvalue weighted by atomic mass is 79.9. The molecule has 0 amide bonds. The Bertz CT molecular complexity index is 628. The summed E-state index contributed by atoms with van der Waals surface area (Å²) in [4.78, 5) is 10.7. The van der Waals surface area contributed by atoms with Gasteiger partial charge in [-0.1, -0.05) is 15.9 Å². The van der Waals surface area contributed by atoms with Crippen LogP contribution in [0.1, 0.15) is 10.4 Å². The molecule has 0 saturated carbocycles. The molecule has 0 fully saturated rings. The number of benzene rings is 2. The SMILES string of the molecule is O=C(O)c1ccc(OCCOc2ccc(Br)cc2)c(F)c1. The van der Waals surface area contributed by atoms with E-state index in [2.05, 4.69) is 15.9 Å². The van der Waals surface area contributed by atoms with Crippen LogP contribution in [-0.2, 0) is 0 Å². The van der Waals surface area contributed by atoms with Gasteiger partial charge in [0.1, 0.15) is 19.0 Å². The maximum atomic E-state index is 13.6. The van der Waals surface area contributed by atoms with E-state index in [4.69, 9.17) is 14.6 Å². The van der Waals surface area contributed by atoms with Gasteiger partial charge in [-0.15, -0.1) is 0 Å². The van der Waals surface area contributed by atoms with Crippen LogP contribution in [-0.4, -0.2) is 24.3 Å². The average Bonchev–Trinajstić information content (AvgIpc) is 2.46. The lowest BCUT2D eigenvalue weighted by molar-refractivity contribution is 0.0696. The number of aromatic carboxylic acids is 1. The maximum Gasteiger partial charge on any atom is 0.335 e. The summed E-state index contributed by atoms with van der Waals surface area (Å²) >= 11 is 3.32. The quantitative estimate of drug-likeness (QED) is 0.802. The maximum absolute atomic E-state index is 13.6. The van der Waals surface area contributed by atoms with Crippen LogP contribution in [0.25, 0.3) is 0 Å². The second-order valence-corrected chi connectivity index (χ2v) is 5.02. The molecular formula is C15H12BrFO4. The van der Waals surface area contributed by atoms with E-state index >= 15 is 0 Å². The van der Waals surface area contributed by atoms with Crippen LogP contribution in [0.2, 0.25) is 0 Å². The van der Waals surface area contributed by atoms with Crippen molar-refractivity contribution in [3.8, 4) is 11.5 Å². The van der Waals surface area contributed by atoms with Gasteiger partial charge in [-0.25, -0.2) is 9.18 Å².